The van der Waals surface area contributed by atoms with Crippen LogP contribution in [0.2, 0.25) is 0 Å². The predicted molar refractivity (Wildman–Crippen MR) is 93.0 cm³/mol. The van der Waals surface area contributed by atoms with Crippen LogP contribution in [-0.4, -0.2) is 41.5 Å². The number of amides is 2. The van der Waals surface area contributed by atoms with Crippen molar-refractivity contribution in [2.45, 2.75) is 31.8 Å². The minimum atomic E-state index is -0.108. The van der Waals surface area contributed by atoms with Gasteiger partial charge in [0.25, 0.3) is 0 Å². The summed E-state index contributed by atoms with van der Waals surface area (Å²) in [6.07, 6.45) is 6.67. The van der Waals surface area contributed by atoms with E-state index in [9.17, 15) is 4.79 Å². The van der Waals surface area contributed by atoms with Crippen molar-refractivity contribution < 1.29 is 9.53 Å². The lowest BCUT2D eigenvalue weighted by atomic mass is 9.87. The van der Waals surface area contributed by atoms with E-state index in [0.29, 0.717) is 18.8 Å². The zero-order valence-electron chi connectivity index (χ0n) is 14.2. The molecule has 2 aromatic rings. The van der Waals surface area contributed by atoms with Gasteiger partial charge >= 0.3 is 6.03 Å². The van der Waals surface area contributed by atoms with Gasteiger partial charge in [-0.2, -0.15) is 5.10 Å². The highest BCUT2D eigenvalue weighted by molar-refractivity contribution is 5.89. The number of aryl methyl sites for hydroxylation is 1. The minimum Gasteiger partial charge on any atom is -0.383 e. The number of hydrogen-bond acceptors (Lipinski definition) is 3. The molecule has 1 aliphatic carbocycles. The summed E-state index contributed by atoms with van der Waals surface area (Å²) in [5.41, 5.74) is 3.31. The van der Waals surface area contributed by atoms with Crippen molar-refractivity contribution in [2.24, 2.45) is 0 Å². The number of carbonyl (C=O) groups excluding carboxylic acids is 1. The van der Waals surface area contributed by atoms with Crippen molar-refractivity contribution >= 4 is 11.7 Å². The van der Waals surface area contributed by atoms with Crippen LogP contribution in [0.5, 0.6) is 0 Å². The molecule has 2 amide bonds. The van der Waals surface area contributed by atoms with Gasteiger partial charge in [-0.25, -0.2) is 4.79 Å². The Morgan fingerprint density at radius 3 is 3.12 bits per heavy atom. The van der Waals surface area contributed by atoms with Crippen molar-refractivity contribution in [3.63, 3.8) is 0 Å². The van der Waals surface area contributed by atoms with Gasteiger partial charge in [-0.05, 0) is 30.4 Å². The lowest BCUT2D eigenvalue weighted by Crippen LogP contribution is -2.36. The van der Waals surface area contributed by atoms with E-state index in [1.165, 1.54) is 11.1 Å². The lowest BCUT2D eigenvalue weighted by molar-refractivity contribution is 0.183. The molecule has 0 radical (unpaired) electrons. The molecule has 1 heterocycles. The molecule has 6 heteroatoms. The van der Waals surface area contributed by atoms with Gasteiger partial charge in [-0.1, -0.05) is 24.3 Å². The molecule has 0 saturated carbocycles. The van der Waals surface area contributed by atoms with Crippen LogP contribution in [-0.2, 0) is 17.7 Å². The number of urea groups is 1. The fourth-order valence-electron chi connectivity index (χ4n) is 3.22. The molecular weight excluding hydrogens is 304 g/mol. The molecular formula is C18H24N4O2. The summed E-state index contributed by atoms with van der Waals surface area (Å²) in [7, 11) is 3.51. The molecule has 0 fully saturated rings. The Labute approximate surface area is 142 Å². The molecule has 0 bridgehead atoms. The van der Waals surface area contributed by atoms with E-state index >= 15 is 0 Å². The number of rotatable bonds is 5. The second-order valence-corrected chi connectivity index (χ2v) is 6.13. The molecule has 24 heavy (non-hydrogen) atoms. The highest BCUT2D eigenvalue weighted by atomic mass is 16.5. The van der Waals surface area contributed by atoms with E-state index in [0.717, 1.165) is 19.3 Å². The molecule has 0 saturated heterocycles. The van der Waals surface area contributed by atoms with E-state index < -0.39 is 0 Å². The number of benzene rings is 1. The number of nitrogens with zero attached hydrogens (tertiary/aromatic N) is 3. The molecule has 1 atom stereocenters. The van der Waals surface area contributed by atoms with Crippen LogP contribution in [0, 0.1) is 0 Å². The third-order valence-electron chi connectivity index (χ3n) is 4.53. The predicted octanol–water partition coefficient (Wildman–Crippen LogP) is 3.07. The molecule has 1 unspecified atom stereocenters. The van der Waals surface area contributed by atoms with Gasteiger partial charge in [0.2, 0.25) is 0 Å². The maximum atomic E-state index is 12.6. The Kier molecular flexibility index (Phi) is 5.15. The van der Waals surface area contributed by atoms with Crippen molar-refractivity contribution in [3.05, 3.63) is 47.8 Å². The molecule has 1 aliphatic rings. The van der Waals surface area contributed by atoms with Crippen molar-refractivity contribution in [3.8, 4) is 0 Å². The van der Waals surface area contributed by atoms with Gasteiger partial charge in [0.05, 0.1) is 31.1 Å². The first kappa shape index (κ1) is 16.5. The average molecular weight is 328 g/mol. The molecule has 3 rings (SSSR count). The normalized spacial score (nSPS) is 16.5. The van der Waals surface area contributed by atoms with Crippen LogP contribution in [0.15, 0.2) is 36.7 Å². The minimum absolute atomic E-state index is 0.108. The van der Waals surface area contributed by atoms with Gasteiger partial charge in [0, 0.05) is 20.4 Å². The monoisotopic (exact) mass is 328 g/mol. The summed E-state index contributed by atoms with van der Waals surface area (Å²) in [4.78, 5) is 14.4. The standard InChI is InChI=1S/C18H24N4O2/c1-21(17-9-5-7-14-6-3-4-8-16(14)17)18(23)20-15-12-19-22(13-15)10-11-24-2/h3-4,6,8,12-13,17H,5,7,9-11H2,1-2H3,(H,20,23). The second kappa shape index (κ2) is 7.49. The molecule has 0 spiro atoms. The van der Waals surface area contributed by atoms with Crippen LogP contribution in [0.4, 0.5) is 10.5 Å². The first-order chi connectivity index (χ1) is 11.7. The van der Waals surface area contributed by atoms with E-state index in [2.05, 4.69) is 28.6 Å². The third kappa shape index (κ3) is 3.59. The highest BCUT2D eigenvalue weighted by Gasteiger charge is 2.26. The number of hydrogen-bond donors (Lipinski definition) is 1. The van der Waals surface area contributed by atoms with Gasteiger partial charge in [0.1, 0.15) is 0 Å². The summed E-state index contributed by atoms with van der Waals surface area (Å²) in [5.74, 6) is 0. The van der Waals surface area contributed by atoms with Gasteiger partial charge in [-0.3, -0.25) is 4.68 Å². The molecule has 128 valence electrons. The Hall–Kier alpha value is -2.34. The van der Waals surface area contributed by atoms with E-state index in [4.69, 9.17) is 4.74 Å². The number of carbonyl (C=O) groups is 1. The highest BCUT2D eigenvalue weighted by Crippen LogP contribution is 2.33. The van der Waals surface area contributed by atoms with E-state index in [1.807, 2.05) is 19.3 Å². The number of fused-ring (bicyclic) bond motifs is 1. The van der Waals surface area contributed by atoms with E-state index in [1.54, 1.807) is 22.9 Å². The molecule has 1 aromatic carbocycles. The number of anilines is 1. The summed E-state index contributed by atoms with van der Waals surface area (Å²) in [5, 5.41) is 7.15. The fourth-order valence-corrected chi connectivity index (χ4v) is 3.22. The average Bonchev–Trinajstić information content (AvgIpc) is 3.06. The second-order valence-electron chi connectivity index (χ2n) is 6.13. The largest absolute Gasteiger partial charge is 0.383 e. The summed E-state index contributed by atoms with van der Waals surface area (Å²) in [6, 6.07) is 8.42. The zero-order chi connectivity index (χ0) is 16.9. The van der Waals surface area contributed by atoms with Gasteiger partial charge in [-0.15, -0.1) is 0 Å². The maximum Gasteiger partial charge on any atom is 0.322 e. The first-order valence-corrected chi connectivity index (χ1v) is 8.32. The number of ether oxygens (including phenoxy) is 1. The SMILES string of the molecule is COCCn1cc(NC(=O)N(C)C2CCCc3ccccc32)cn1. The van der Waals surface area contributed by atoms with Crippen LogP contribution in [0.3, 0.4) is 0 Å². The Morgan fingerprint density at radius 2 is 2.29 bits per heavy atom. The zero-order valence-corrected chi connectivity index (χ0v) is 14.2. The Morgan fingerprint density at radius 1 is 1.46 bits per heavy atom. The van der Waals surface area contributed by atoms with Crippen molar-refractivity contribution in [1.82, 2.24) is 14.7 Å². The molecule has 1 N–H and O–H groups in total. The quantitative estimate of drug-likeness (QED) is 0.917. The van der Waals surface area contributed by atoms with Gasteiger partial charge < -0.3 is 15.0 Å². The van der Waals surface area contributed by atoms with Crippen molar-refractivity contribution in [1.29, 1.82) is 0 Å². The van der Waals surface area contributed by atoms with Crippen LogP contribution in [0.1, 0.15) is 30.0 Å². The topological polar surface area (TPSA) is 59.4 Å². The fraction of sp³-hybridized carbons (Fsp3) is 0.444. The summed E-state index contributed by atoms with van der Waals surface area (Å²) in [6.45, 7) is 1.26. The van der Waals surface area contributed by atoms with Gasteiger partial charge in [0.15, 0.2) is 0 Å². The molecule has 6 nitrogen and oxygen atoms in total. The van der Waals surface area contributed by atoms with Crippen LogP contribution in [0.25, 0.3) is 0 Å². The van der Waals surface area contributed by atoms with E-state index in [-0.39, 0.29) is 12.1 Å². The maximum absolute atomic E-state index is 12.6. The van der Waals surface area contributed by atoms with Crippen LogP contribution < -0.4 is 5.32 Å². The number of aromatic nitrogens is 2. The molecule has 1 aromatic heterocycles. The summed E-state index contributed by atoms with van der Waals surface area (Å²) < 4.78 is 6.79. The van der Waals surface area contributed by atoms with Crippen molar-refractivity contribution in [2.75, 3.05) is 26.1 Å². The first-order valence-electron chi connectivity index (χ1n) is 8.32. The third-order valence-corrected chi connectivity index (χ3v) is 4.53. The smallest absolute Gasteiger partial charge is 0.322 e. The van der Waals surface area contributed by atoms with Crippen LogP contribution >= 0.6 is 0 Å². The number of nitrogens with one attached hydrogen (secondary N) is 1. The Balaban J connectivity index is 1.66. The summed E-state index contributed by atoms with van der Waals surface area (Å²) >= 11 is 0. The number of methoxy groups -OCH3 is 1. The molecule has 0 aliphatic heterocycles. The lowest BCUT2D eigenvalue weighted by Gasteiger charge is -2.33. The Bertz CT molecular complexity index is 698.